The quantitative estimate of drug-likeness (QED) is 0.447. The molecule has 7 nitrogen and oxygen atoms in total. The number of amides is 1. The van der Waals surface area contributed by atoms with Gasteiger partial charge in [0.2, 0.25) is 0 Å². The van der Waals surface area contributed by atoms with Crippen LogP contribution in [-0.4, -0.2) is 24.1 Å². The highest BCUT2D eigenvalue weighted by molar-refractivity contribution is 5.94. The molecule has 7 heteroatoms. The van der Waals surface area contributed by atoms with Crippen molar-refractivity contribution in [3.63, 3.8) is 0 Å². The van der Waals surface area contributed by atoms with Gasteiger partial charge in [-0.2, -0.15) is 0 Å². The smallest absolute Gasteiger partial charge is 0.336 e. The largest absolute Gasteiger partial charge is 0.497 e. The Morgan fingerprint density at radius 1 is 1.06 bits per heavy atom. The molecule has 2 aromatic heterocycles. The predicted octanol–water partition coefficient (Wildman–Crippen LogP) is 3.95. The molecule has 0 radical (unpaired) electrons. The Hall–Kier alpha value is -4.13. The Morgan fingerprint density at radius 2 is 1.84 bits per heavy atom. The van der Waals surface area contributed by atoms with Crippen LogP contribution in [0.3, 0.4) is 0 Å². The van der Waals surface area contributed by atoms with E-state index in [0.29, 0.717) is 17.9 Å². The third kappa shape index (κ3) is 4.78. The Bertz CT molecular complexity index is 1280. The lowest BCUT2D eigenvalue weighted by atomic mass is 10.0. The number of nitrogens with one attached hydrogen (secondary N) is 1. The minimum Gasteiger partial charge on any atom is -0.497 e. The van der Waals surface area contributed by atoms with Gasteiger partial charge in [0.05, 0.1) is 19.3 Å². The summed E-state index contributed by atoms with van der Waals surface area (Å²) in [5.74, 6) is 0.879. The number of methoxy groups -OCH3 is 1. The lowest BCUT2D eigenvalue weighted by molar-refractivity contribution is -0.127. The zero-order valence-corrected chi connectivity index (χ0v) is 17.7. The van der Waals surface area contributed by atoms with Crippen molar-refractivity contribution in [1.82, 2.24) is 10.3 Å². The van der Waals surface area contributed by atoms with Crippen LogP contribution in [0.2, 0.25) is 0 Å². The fourth-order valence-corrected chi connectivity index (χ4v) is 3.31. The Morgan fingerprint density at radius 3 is 2.56 bits per heavy atom. The molecular weight excluding hydrogens is 408 g/mol. The second kappa shape index (κ2) is 9.34. The maximum absolute atomic E-state index is 12.4. The molecule has 0 aliphatic heterocycles. The van der Waals surface area contributed by atoms with Crippen molar-refractivity contribution in [1.29, 1.82) is 0 Å². The summed E-state index contributed by atoms with van der Waals surface area (Å²) in [4.78, 5) is 28.7. The van der Waals surface area contributed by atoms with Gasteiger partial charge >= 0.3 is 5.63 Å². The van der Waals surface area contributed by atoms with Gasteiger partial charge in [-0.05, 0) is 54.4 Å². The molecule has 0 unspecified atom stereocenters. The van der Waals surface area contributed by atoms with E-state index in [9.17, 15) is 9.59 Å². The topological polar surface area (TPSA) is 90.7 Å². The van der Waals surface area contributed by atoms with Gasteiger partial charge in [-0.1, -0.05) is 18.2 Å². The first kappa shape index (κ1) is 21.1. The minimum absolute atomic E-state index is 0.274. The number of rotatable bonds is 7. The standard InChI is InChI=1S/C25H22N2O5/c1-16(25(29)27-15-18-5-3-4-12-26-18)31-20-10-11-21-22(14-24(28)32-23(21)13-20)17-6-8-19(30-2)9-7-17/h3-14,16H,15H2,1-2H3,(H,27,29)/t16-/m0/s1. The zero-order valence-electron chi connectivity index (χ0n) is 17.7. The average molecular weight is 430 g/mol. The molecule has 0 bridgehead atoms. The van der Waals surface area contributed by atoms with Crippen LogP contribution in [-0.2, 0) is 11.3 Å². The van der Waals surface area contributed by atoms with Crippen LogP contribution in [0.25, 0.3) is 22.1 Å². The van der Waals surface area contributed by atoms with E-state index in [1.165, 1.54) is 6.07 Å². The summed E-state index contributed by atoms with van der Waals surface area (Å²) >= 11 is 0. The van der Waals surface area contributed by atoms with Crippen molar-refractivity contribution in [3.8, 4) is 22.6 Å². The average Bonchev–Trinajstić information content (AvgIpc) is 2.82. The fourth-order valence-electron chi connectivity index (χ4n) is 3.31. The number of hydrogen-bond donors (Lipinski definition) is 1. The summed E-state index contributed by atoms with van der Waals surface area (Å²) in [6.45, 7) is 1.97. The molecule has 1 N–H and O–H groups in total. The van der Waals surface area contributed by atoms with Crippen LogP contribution in [0, 0.1) is 0 Å². The molecule has 4 rings (SSSR count). The number of nitrogens with zero attached hydrogens (tertiary/aromatic N) is 1. The monoisotopic (exact) mass is 430 g/mol. The number of fused-ring (bicyclic) bond motifs is 1. The van der Waals surface area contributed by atoms with Gasteiger partial charge < -0.3 is 19.2 Å². The Labute approximate surface area is 184 Å². The molecule has 1 atom stereocenters. The maximum atomic E-state index is 12.4. The maximum Gasteiger partial charge on any atom is 0.336 e. The van der Waals surface area contributed by atoms with Crippen molar-refractivity contribution in [2.45, 2.75) is 19.6 Å². The molecule has 0 aliphatic rings. The summed E-state index contributed by atoms with van der Waals surface area (Å²) < 4.78 is 16.4. The van der Waals surface area contributed by atoms with Gasteiger partial charge in [-0.15, -0.1) is 0 Å². The molecule has 0 spiro atoms. The number of ether oxygens (including phenoxy) is 2. The Kier molecular flexibility index (Phi) is 6.17. The highest BCUT2D eigenvalue weighted by atomic mass is 16.5. The number of hydrogen-bond acceptors (Lipinski definition) is 6. The summed E-state index contributed by atoms with van der Waals surface area (Å²) in [7, 11) is 1.60. The summed E-state index contributed by atoms with van der Waals surface area (Å²) in [5.41, 5.74) is 2.27. The highest BCUT2D eigenvalue weighted by Gasteiger charge is 2.16. The lowest BCUT2D eigenvalue weighted by Crippen LogP contribution is -2.36. The van der Waals surface area contributed by atoms with Crippen LogP contribution in [0.1, 0.15) is 12.6 Å². The zero-order chi connectivity index (χ0) is 22.5. The highest BCUT2D eigenvalue weighted by Crippen LogP contribution is 2.31. The van der Waals surface area contributed by atoms with Crippen molar-refractivity contribution < 1.29 is 18.7 Å². The third-order valence-electron chi connectivity index (χ3n) is 4.97. The third-order valence-corrected chi connectivity index (χ3v) is 4.97. The first-order valence-corrected chi connectivity index (χ1v) is 10.1. The molecule has 0 fully saturated rings. The SMILES string of the molecule is COc1ccc(-c2cc(=O)oc3cc(O[C@@H](C)C(=O)NCc4ccccn4)ccc23)cc1. The van der Waals surface area contributed by atoms with E-state index in [0.717, 1.165) is 28.0 Å². The van der Waals surface area contributed by atoms with E-state index >= 15 is 0 Å². The van der Waals surface area contributed by atoms with Gasteiger partial charge in [0.15, 0.2) is 6.10 Å². The first-order chi connectivity index (χ1) is 15.5. The van der Waals surface area contributed by atoms with E-state index in [-0.39, 0.29) is 5.91 Å². The van der Waals surface area contributed by atoms with Crippen LogP contribution in [0.4, 0.5) is 0 Å². The van der Waals surface area contributed by atoms with E-state index in [1.54, 1.807) is 32.4 Å². The second-order valence-electron chi connectivity index (χ2n) is 7.16. The second-order valence-corrected chi connectivity index (χ2v) is 7.16. The van der Waals surface area contributed by atoms with Crippen molar-refractivity contribution in [3.05, 3.63) is 89.0 Å². The van der Waals surface area contributed by atoms with Crippen LogP contribution < -0.4 is 20.4 Å². The lowest BCUT2D eigenvalue weighted by Gasteiger charge is -2.15. The van der Waals surface area contributed by atoms with E-state index in [2.05, 4.69) is 10.3 Å². The van der Waals surface area contributed by atoms with E-state index in [4.69, 9.17) is 13.9 Å². The fraction of sp³-hybridized carbons (Fsp3) is 0.160. The molecule has 162 valence electrons. The molecule has 2 aromatic carbocycles. The summed E-state index contributed by atoms with van der Waals surface area (Å²) in [6.07, 6.45) is 0.928. The molecule has 4 aromatic rings. The van der Waals surface area contributed by atoms with Crippen LogP contribution in [0.15, 0.2) is 82.1 Å². The molecule has 0 aliphatic carbocycles. The number of pyridine rings is 1. The van der Waals surface area contributed by atoms with Gasteiger partial charge in [-0.3, -0.25) is 9.78 Å². The summed E-state index contributed by atoms with van der Waals surface area (Å²) in [6, 6.07) is 19.6. The summed E-state index contributed by atoms with van der Waals surface area (Å²) in [5, 5.41) is 3.55. The molecular formula is C25H22N2O5. The number of carbonyl (C=O) groups excluding carboxylic acids is 1. The van der Waals surface area contributed by atoms with Crippen molar-refractivity contribution in [2.24, 2.45) is 0 Å². The minimum atomic E-state index is -0.743. The molecule has 32 heavy (non-hydrogen) atoms. The molecule has 2 heterocycles. The van der Waals surface area contributed by atoms with E-state index in [1.807, 2.05) is 48.5 Å². The number of aromatic nitrogens is 1. The van der Waals surface area contributed by atoms with Gasteiger partial charge in [-0.25, -0.2) is 4.79 Å². The molecule has 1 amide bonds. The molecule has 0 saturated heterocycles. The van der Waals surface area contributed by atoms with Gasteiger partial charge in [0.25, 0.3) is 5.91 Å². The van der Waals surface area contributed by atoms with Crippen LogP contribution >= 0.6 is 0 Å². The number of carbonyl (C=O) groups is 1. The Balaban J connectivity index is 1.53. The normalized spacial score (nSPS) is 11.7. The predicted molar refractivity (Wildman–Crippen MR) is 121 cm³/mol. The van der Waals surface area contributed by atoms with Gasteiger partial charge in [0, 0.05) is 23.7 Å². The molecule has 0 saturated carbocycles. The van der Waals surface area contributed by atoms with E-state index < -0.39 is 11.7 Å². The van der Waals surface area contributed by atoms with Gasteiger partial charge in [0.1, 0.15) is 17.1 Å². The number of benzene rings is 2. The van der Waals surface area contributed by atoms with Crippen LogP contribution in [0.5, 0.6) is 11.5 Å². The van der Waals surface area contributed by atoms with Crippen molar-refractivity contribution in [2.75, 3.05) is 7.11 Å². The van der Waals surface area contributed by atoms with Crippen molar-refractivity contribution >= 4 is 16.9 Å². The first-order valence-electron chi connectivity index (χ1n) is 10.1.